The van der Waals surface area contributed by atoms with Crippen LogP contribution in [0.5, 0.6) is 5.75 Å². The Bertz CT molecular complexity index is 2540. The van der Waals surface area contributed by atoms with Gasteiger partial charge in [-0.1, -0.05) is 39.8 Å². The lowest BCUT2D eigenvalue weighted by Gasteiger charge is -2.37. The number of phenols is 1. The number of fused-ring (bicyclic) bond motifs is 6. The first-order chi connectivity index (χ1) is 32.4. The van der Waals surface area contributed by atoms with Crippen molar-refractivity contribution in [3.8, 4) is 28.1 Å². The highest BCUT2D eigenvalue weighted by molar-refractivity contribution is 5.96. The summed E-state index contributed by atoms with van der Waals surface area (Å²) in [7, 11) is 4.71. The molecule has 4 amide bonds. The van der Waals surface area contributed by atoms with Crippen LogP contribution in [0.1, 0.15) is 77.3 Å². The van der Waals surface area contributed by atoms with Gasteiger partial charge < -0.3 is 39.4 Å². The van der Waals surface area contributed by atoms with Crippen molar-refractivity contribution in [1.82, 2.24) is 40.0 Å². The Morgan fingerprint density at radius 3 is 2.54 bits per heavy atom. The summed E-state index contributed by atoms with van der Waals surface area (Å²) in [5.41, 5.74) is 9.41. The zero-order valence-electron chi connectivity index (χ0n) is 40.9. The van der Waals surface area contributed by atoms with E-state index in [2.05, 4.69) is 54.3 Å². The molecule has 2 saturated heterocycles. The molecule has 0 aliphatic carbocycles. The average molecular weight is 937 g/mol. The minimum absolute atomic E-state index is 0.0279. The largest absolute Gasteiger partial charge is 0.508 e. The Balaban J connectivity index is 1.27. The van der Waals surface area contributed by atoms with Gasteiger partial charge in [0.2, 0.25) is 17.7 Å². The average Bonchev–Trinajstić information content (AvgIpc) is 4.02. The predicted molar refractivity (Wildman–Crippen MR) is 257 cm³/mol. The molecule has 0 radical (unpaired) electrons. The molecule has 2 aromatic heterocycles. The van der Waals surface area contributed by atoms with Gasteiger partial charge in [0.1, 0.15) is 29.9 Å². The van der Waals surface area contributed by atoms with Crippen LogP contribution in [0.15, 0.2) is 54.7 Å². The lowest BCUT2D eigenvalue weighted by Crippen LogP contribution is -2.62. The number of nitrogens with one attached hydrogen (secondary N) is 2. The summed E-state index contributed by atoms with van der Waals surface area (Å²) in [5.74, 6) is -2.72. The minimum atomic E-state index is -1.20. The molecule has 366 valence electrons. The number of aliphatic hydroxyl groups is 1. The fourth-order valence-electron chi connectivity index (χ4n) is 9.84. The number of hydrogen-bond donors (Lipinski definition) is 4. The van der Waals surface area contributed by atoms with Gasteiger partial charge in [-0.2, -0.15) is 0 Å². The Hall–Kier alpha value is -5.88. The molecule has 3 aliphatic heterocycles. The number of phenolic OH excluding ortho intramolecular Hbond substituents is 1. The lowest BCUT2D eigenvalue weighted by molar-refractivity contribution is -0.155. The SMILES string of the molecule is CCn1c(-c2cccnc2[C@H](C)OC)c2c3cc(ccc31)-c1cc(O)cc(c1)C[C@H](NC(=O)[C@H](C(C)C)N(C)C(=O)CN(C)C(=O)[C@H]1CN1CCO)C(=O)N1CCC[C@H](N1)C(=O)OCC(C)(C)C2. The topological polar surface area (TPSA) is 199 Å². The minimum Gasteiger partial charge on any atom is -0.508 e. The summed E-state index contributed by atoms with van der Waals surface area (Å²) in [6.07, 6.45) is 2.89. The summed E-state index contributed by atoms with van der Waals surface area (Å²) < 4.78 is 14.2. The van der Waals surface area contributed by atoms with Crippen molar-refractivity contribution in [2.75, 3.05) is 60.6 Å². The molecule has 68 heavy (non-hydrogen) atoms. The maximum Gasteiger partial charge on any atom is 0.324 e. The van der Waals surface area contributed by atoms with Gasteiger partial charge in [-0.15, -0.1) is 0 Å². The molecule has 3 aliphatic rings. The number of aromatic nitrogens is 2. The van der Waals surface area contributed by atoms with E-state index < -0.39 is 59.2 Å². The van der Waals surface area contributed by atoms with Crippen molar-refractivity contribution >= 4 is 40.5 Å². The Morgan fingerprint density at radius 1 is 1.07 bits per heavy atom. The zero-order chi connectivity index (χ0) is 49.2. The highest BCUT2D eigenvalue weighted by atomic mass is 16.5. The Morgan fingerprint density at radius 2 is 1.84 bits per heavy atom. The van der Waals surface area contributed by atoms with Gasteiger partial charge in [-0.25, -0.2) is 5.43 Å². The van der Waals surface area contributed by atoms with Crippen molar-refractivity contribution < 1.29 is 43.7 Å². The number of hydrazine groups is 1. The van der Waals surface area contributed by atoms with Crippen LogP contribution < -0.4 is 10.7 Å². The van der Waals surface area contributed by atoms with Crippen LogP contribution in [0.2, 0.25) is 0 Å². The van der Waals surface area contributed by atoms with Crippen LogP contribution in [0.4, 0.5) is 0 Å². The number of rotatable bonds is 13. The quantitative estimate of drug-likeness (QED) is 0.111. The molecule has 17 nitrogen and oxygen atoms in total. The van der Waals surface area contributed by atoms with Crippen molar-refractivity contribution in [3.63, 3.8) is 0 Å². The number of aryl methyl sites for hydroxylation is 1. The van der Waals surface area contributed by atoms with Gasteiger partial charge in [0.05, 0.1) is 37.3 Å². The third-order valence-corrected chi connectivity index (χ3v) is 13.5. The first kappa shape index (κ1) is 50.0. The molecule has 0 spiro atoms. The van der Waals surface area contributed by atoms with E-state index in [-0.39, 0.29) is 50.5 Å². The number of ether oxygens (including phenoxy) is 2. The fourth-order valence-corrected chi connectivity index (χ4v) is 9.84. The molecule has 17 heteroatoms. The number of nitrogens with zero attached hydrogens (tertiary/aromatic N) is 6. The van der Waals surface area contributed by atoms with E-state index in [0.29, 0.717) is 50.0 Å². The first-order valence-corrected chi connectivity index (χ1v) is 23.7. The number of carbonyl (C=O) groups is 5. The molecule has 6 atom stereocenters. The molecule has 7 rings (SSSR count). The van der Waals surface area contributed by atoms with E-state index in [9.17, 15) is 34.2 Å². The standard InChI is InChI=1S/C51H68N8O9/c1-10-58-41-16-15-33-25-37(41)38(46(58)36-13-11-17-52-44(36)31(4)67-9)26-51(5,6)29-68-50(66)39-14-12-18-59(54-39)48(64)40(23-32-21-34(33)24-35(61)22-32)53-47(63)45(30(2)3)56(8)43(62)28-55(7)49(65)42-27-57(42)19-20-60/h11,13,15-17,21-22,24-25,30-31,39-40,42,45,54,60-61H,10,12,14,18-20,23,26-29H2,1-9H3,(H,53,63)/t31-,39-,40-,42+,45-,57?/m0/s1. The molecular weight excluding hydrogens is 869 g/mol. The number of hydrogen-bond acceptors (Lipinski definition) is 12. The van der Waals surface area contributed by atoms with E-state index in [4.69, 9.17) is 14.5 Å². The zero-order valence-corrected chi connectivity index (χ0v) is 40.9. The van der Waals surface area contributed by atoms with Crippen LogP contribution in [0.3, 0.4) is 0 Å². The number of likely N-dealkylation sites (N-methyl/N-ethyl adjacent to an activating group) is 2. The maximum absolute atomic E-state index is 14.7. The van der Waals surface area contributed by atoms with Crippen LogP contribution in [0, 0.1) is 11.3 Å². The van der Waals surface area contributed by atoms with E-state index in [1.54, 1.807) is 39.3 Å². The summed E-state index contributed by atoms with van der Waals surface area (Å²) in [6.45, 7) is 13.3. The molecule has 4 aromatic rings. The fraction of sp³-hybridized carbons (Fsp3) is 0.529. The normalized spacial score (nSPS) is 21.4. The second-order valence-electron chi connectivity index (χ2n) is 19.7. The van der Waals surface area contributed by atoms with Gasteiger partial charge in [-0.3, -0.25) is 38.9 Å². The second kappa shape index (κ2) is 20.8. The van der Waals surface area contributed by atoms with Gasteiger partial charge in [0, 0.05) is 81.9 Å². The number of cyclic esters (lactones) is 1. The number of carbonyl (C=O) groups excluding carboxylic acids is 5. The van der Waals surface area contributed by atoms with Crippen LogP contribution in [-0.2, 0) is 52.8 Å². The van der Waals surface area contributed by atoms with E-state index >= 15 is 0 Å². The molecule has 2 aromatic carbocycles. The summed E-state index contributed by atoms with van der Waals surface area (Å²) in [5, 5.41) is 25.9. The summed E-state index contributed by atoms with van der Waals surface area (Å²) >= 11 is 0. The van der Waals surface area contributed by atoms with Crippen LogP contribution in [-0.4, -0.2) is 154 Å². The molecule has 0 saturated carbocycles. The van der Waals surface area contributed by atoms with Crippen molar-refractivity contribution in [2.24, 2.45) is 11.3 Å². The van der Waals surface area contributed by atoms with Gasteiger partial charge in [-0.05, 0) is 97.7 Å². The number of methoxy groups -OCH3 is 1. The molecule has 5 heterocycles. The van der Waals surface area contributed by atoms with Crippen molar-refractivity contribution in [3.05, 3.63) is 71.5 Å². The molecular formula is C51H68N8O9. The molecule has 4 N–H and O–H groups in total. The van der Waals surface area contributed by atoms with E-state index in [1.165, 1.54) is 28.9 Å². The summed E-state index contributed by atoms with van der Waals surface area (Å²) in [4.78, 5) is 79.1. The highest BCUT2D eigenvalue weighted by Crippen LogP contribution is 2.42. The van der Waals surface area contributed by atoms with Crippen molar-refractivity contribution in [1.29, 1.82) is 0 Å². The number of aromatic hydroxyl groups is 1. The monoisotopic (exact) mass is 937 g/mol. The molecule has 2 fully saturated rings. The van der Waals surface area contributed by atoms with Gasteiger partial charge >= 0.3 is 5.97 Å². The second-order valence-corrected chi connectivity index (χ2v) is 19.7. The highest BCUT2D eigenvalue weighted by Gasteiger charge is 2.43. The van der Waals surface area contributed by atoms with Crippen LogP contribution in [0.25, 0.3) is 33.3 Å². The third-order valence-electron chi connectivity index (χ3n) is 13.5. The maximum atomic E-state index is 14.7. The molecule has 1 unspecified atom stereocenters. The van der Waals surface area contributed by atoms with Gasteiger partial charge in [0.25, 0.3) is 5.91 Å². The number of aliphatic hydroxyl groups excluding tert-OH is 1. The van der Waals surface area contributed by atoms with Crippen molar-refractivity contribution in [2.45, 2.75) is 104 Å². The Labute approximate surface area is 398 Å². The smallest absolute Gasteiger partial charge is 0.324 e. The number of β-amino-alcohol motifs (C(OH)–C–C–N with tert-alkyl or cyclic N) is 1. The van der Waals surface area contributed by atoms with E-state index in [0.717, 1.165) is 39.0 Å². The molecule has 6 bridgehead atoms. The Kier molecular flexibility index (Phi) is 15.3. The lowest BCUT2D eigenvalue weighted by atomic mass is 9.84. The first-order valence-electron chi connectivity index (χ1n) is 23.7. The number of benzene rings is 2. The number of amides is 4. The number of pyridine rings is 1. The number of esters is 1. The van der Waals surface area contributed by atoms with E-state index in [1.807, 2.05) is 30.0 Å². The van der Waals surface area contributed by atoms with Gasteiger partial charge in [0.15, 0.2) is 0 Å². The third kappa shape index (κ3) is 10.7. The summed E-state index contributed by atoms with van der Waals surface area (Å²) in [6, 6.07) is 11.9. The van der Waals surface area contributed by atoms with Crippen LogP contribution >= 0.6 is 0 Å². The predicted octanol–water partition coefficient (Wildman–Crippen LogP) is 4.07.